The zero-order valence-electron chi connectivity index (χ0n) is 12.0. The standard InChI is InChI=1S/C16H16N2O2S/c1-11-4-5-12(20-11)13-6-7-14(21-13)15(19)18(2)16(10-17)8-3-9-16/h4-7H,3,8-9H2,1-2H3. The smallest absolute Gasteiger partial charge is 0.264 e. The lowest BCUT2D eigenvalue weighted by Gasteiger charge is -2.42. The van der Waals surface area contributed by atoms with Crippen LogP contribution >= 0.6 is 11.3 Å². The number of hydrogen-bond acceptors (Lipinski definition) is 4. The summed E-state index contributed by atoms with van der Waals surface area (Å²) in [6.45, 7) is 1.89. The highest BCUT2D eigenvalue weighted by molar-refractivity contribution is 7.17. The summed E-state index contributed by atoms with van der Waals surface area (Å²) >= 11 is 1.40. The van der Waals surface area contributed by atoms with Crippen molar-refractivity contribution in [3.63, 3.8) is 0 Å². The quantitative estimate of drug-likeness (QED) is 0.865. The summed E-state index contributed by atoms with van der Waals surface area (Å²) in [6, 6.07) is 9.81. The van der Waals surface area contributed by atoms with Gasteiger partial charge in [0.2, 0.25) is 0 Å². The highest BCUT2D eigenvalue weighted by Crippen LogP contribution is 2.38. The SMILES string of the molecule is Cc1ccc(-c2ccc(C(=O)N(C)C3(C#N)CCC3)s2)o1. The number of rotatable bonds is 3. The molecule has 0 aliphatic heterocycles. The van der Waals surface area contributed by atoms with Gasteiger partial charge in [-0.2, -0.15) is 5.26 Å². The lowest BCUT2D eigenvalue weighted by molar-refractivity contribution is 0.0502. The average Bonchev–Trinajstić information content (AvgIpc) is 3.05. The third kappa shape index (κ3) is 2.26. The lowest BCUT2D eigenvalue weighted by Crippen LogP contribution is -2.53. The maximum atomic E-state index is 12.5. The van der Waals surface area contributed by atoms with E-state index in [2.05, 4.69) is 6.07 Å². The first kappa shape index (κ1) is 13.9. The van der Waals surface area contributed by atoms with Gasteiger partial charge in [0, 0.05) is 7.05 Å². The summed E-state index contributed by atoms with van der Waals surface area (Å²) in [5.41, 5.74) is -0.609. The van der Waals surface area contributed by atoms with Gasteiger partial charge in [-0.15, -0.1) is 11.3 Å². The van der Waals surface area contributed by atoms with E-state index in [1.165, 1.54) is 11.3 Å². The highest BCUT2D eigenvalue weighted by Gasteiger charge is 2.43. The van der Waals surface area contributed by atoms with Gasteiger partial charge in [0.1, 0.15) is 17.1 Å². The second-order valence-electron chi connectivity index (χ2n) is 5.44. The monoisotopic (exact) mass is 300 g/mol. The van der Waals surface area contributed by atoms with Crippen LogP contribution in [0.4, 0.5) is 0 Å². The van der Waals surface area contributed by atoms with Crippen LogP contribution in [0.3, 0.4) is 0 Å². The van der Waals surface area contributed by atoms with E-state index in [9.17, 15) is 10.1 Å². The summed E-state index contributed by atoms with van der Waals surface area (Å²) in [4.78, 5) is 15.7. The first-order valence-electron chi connectivity index (χ1n) is 6.92. The van der Waals surface area contributed by atoms with Crippen LogP contribution in [0.2, 0.25) is 0 Å². The van der Waals surface area contributed by atoms with Gasteiger partial charge < -0.3 is 9.32 Å². The molecule has 0 N–H and O–H groups in total. The molecular weight excluding hydrogens is 284 g/mol. The molecule has 5 heteroatoms. The molecule has 2 aromatic rings. The fraction of sp³-hybridized carbons (Fsp3) is 0.375. The van der Waals surface area contributed by atoms with Gasteiger partial charge in [-0.25, -0.2) is 0 Å². The number of thiophene rings is 1. The van der Waals surface area contributed by atoms with Crippen LogP contribution < -0.4 is 0 Å². The van der Waals surface area contributed by atoms with E-state index in [4.69, 9.17) is 4.42 Å². The number of aryl methyl sites for hydroxylation is 1. The maximum absolute atomic E-state index is 12.5. The van der Waals surface area contributed by atoms with E-state index < -0.39 is 5.54 Å². The zero-order chi connectivity index (χ0) is 15.0. The number of amides is 1. The van der Waals surface area contributed by atoms with Gasteiger partial charge in [-0.3, -0.25) is 4.79 Å². The first-order chi connectivity index (χ1) is 10.1. The Morgan fingerprint density at radius 3 is 2.67 bits per heavy atom. The number of nitrogens with zero attached hydrogens (tertiary/aromatic N) is 2. The molecule has 0 bridgehead atoms. The molecule has 2 aromatic heterocycles. The molecule has 2 heterocycles. The lowest BCUT2D eigenvalue weighted by atomic mass is 9.76. The Hall–Kier alpha value is -2.06. The largest absolute Gasteiger partial charge is 0.461 e. The molecule has 3 rings (SSSR count). The van der Waals surface area contributed by atoms with Crippen LogP contribution in [0.25, 0.3) is 10.6 Å². The van der Waals surface area contributed by atoms with E-state index in [-0.39, 0.29) is 5.91 Å². The first-order valence-corrected chi connectivity index (χ1v) is 7.73. The molecule has 0 unspecified atom stereocenters. The van der Waals surface area contributed by atoms with Crippen molar-refractivity contribution in [3.05, 3.63) is 34.9 Å². The Bertz CT molecular complexity index is 719. The second kappa shape index (κ2) is 5.05. The Morgan fingerprint density at radius 1 is 1.38 bits per heavy atom. The molecule has 108 valence electrons. The topological polar surface area (TPSA) is 57.2 Å². The Labute approximate surface area is 127 Å². The maximum Gasteiger partial charge on any atom is 0.264 e. The summed E-state index contributed by atoms with van der Waals surface area (Å²) in [5, 5.41) is 9.33. The average molecular weight is 300 g/mol. The number of carbonyl (C=O) groups excluding carboxylic acids is 1. The van der Waals surface area contributed by atoms with Gasteiger partial charge in [-0.05, 0) is 50.5 Å². The van der Waals surface area contributed by atoms with Crippen molar-refractivity contribution in [3.8, 4) is 16.7 Å². The molecule has 21 heavy (non-hydrogen) atoms. The van der Waals surface area contributed by atoms with Crippen LogP contribution in [0.15, 0.2) is 28.7 Å². The summed E-state index contributed by atoms with van der Waals surface area (Å²) < 4.78 is 5.58. The number of furan rings is 1. The number of carbonyl (C=O) groups is 1. The fourth-order valence-electron chi connectivity index (χ4n) is 2.55. The molecule has 0 saturated heterocycles. The second-order valence-corrected chi connectivity index (χ2v) is 6.52. The fourth-order valence-corrected chi connectivity index (χ4v) is 3.49. The van der Waals surface area contributed by atoms with Gasteiger partial charge in [0.05, 0.1) is 15.8 Å². The van der Waals surface area contributed by atoms with Crippen molar-refractivity contribution in [2.45, 2.75) is 31.7 Å². The molecule has 0 radical (unpaired) electrons. The van der Waals surface area contributed by atoms with Crippen molar-refractivity contribution in [2.24, 2.45) is 0 Å². The van der Waals surface area contributed by atoms with E-state index in [0.717, 1.165) is 35.7 Å². The zero-order valence-corrected chi connectivity index (χ0v) is 12.9. The van der Waals surface area contributed by atoms with Gasteiger partial charge >= 0.3 is 0 Å². The van der Waals surface area contributed by atoms with Crippen molar-refractivity contribution in [2.75, 3.05) is 7.05 Å². The molecule has 1 saturated carbocycles. The molecule has 1 aliphatic carbocycles. The molecule has 4 nitrogen and oxygen atoms in total. The van der Waals surface area contributed by atoms with Gasteiger partial charge in [0.15, 0.2) is 0 Å². The molecule has 0 aromatic carbocycles. The normalized spacial score (nSPS) is 16.0. The van der Waals surface area contributed by atoms with Crippen molar-refractivity contribution >= 4 is 17.2 Å². The van der Waals surface area contributed by atoms with Gasteiger partial charge in [0.25, 0.3) is 5.91 Å². The van der Waals surface area contributed by atoms with E-state index in [1.807, 2.05) is 25.1 Å². The van der Waals surface area contributed by atoms with Crippen LogP contribution in [0, 0.1) is 18.3 Å². The van der Waals surface area contributed by atoms with Crippen LogP contribution in [-0.2, 0) is 0 Å². The minimum atomic E-state index is -0.609. The molecular formula is C16H16N2O2S. The van der Waals surface area contributed by atoms with Crippen LogP contribution in [-0.4, -0.2) is 23.4 Å². The minimum absolute atomic E-state index is 0.0872. The van der Waals surface area contributed by atoms with Gasteiger partial charge in [-0.1, -0.05) is 0 Å². The van der Waals surface area contributed by atoms with Crippen LogP contribution in [0.1, 0.15) is 34.7 Å². The summed E-state index contributed by atoms with van der Waals surface area (Å²) in [5.74, 6) is 1.54. The van der Waals surface area contributed by atoms with Crippen LogP contribution in [0.5, 0.6) is 0 Å². The predicted molar refractivity (Wildman–Crippen MR) is 81.0 cm³/mol. The molecule has 0 spiro atoms. The number of nitriles is 1. The van der Waals surface area contributed by atoms with Crippen molar-refractivity contribution in [1.29, 1.82) is 5.26 Å². The predicted octanol–water partition coefficient (Wildman–Crippen LogP) is 3.83. The molecule has 1 amide bonds. The molecule has 1 aliphatic rings. The van der Waals surface area contributed by atoms with E-state index >= 15 is 0 Å². The summed E-state index contributed by atoms with van der Waals surface area (Å²) in [6.07, 6.45) is 2.54. The molecule has 0 atom stereocenters. The highest BCUT2D eigenvalue weighted by atomic mass is 32.1. The number of hydrogen-bond donors (Lipinski definition) is 0. The summed E-state index contributed by atoms with van der Waals surface area (Å²) in [7, 11) is 1.72. The molecule has 1 fully saturated rings. The van der Waals surface area contributed by atoms with Crippen molar-refractivity contribution < 1.29 is 9.21 Å². The Balaban J connectivity index is 1.83. The minimum Gasteiger partial charge on any atom is -0.461 e. The van der Waals surface area contributed by atoms with E-state index in [0.29, 0.717) is 4.88 Å². The third-order valence-electron chi connectivity index (χ3n) is 4.14. The Morgan fingerprint density at radius 2 is 2.14 bits per heavy atom. The van der Waals surface area contributed by atoms with E-state index in [1.54, 1.807) is 18.0 Å². The Kier molecular flexibility index (Phi) is 3.34. The van der Waals surface area contributed by atoms with Crippen molar-refractivity contribution in [1.82, 2.24) is 4.90 Å². The third-order valence-corrected chi connectivity index (χ3v) is 5.22.